The molecule has 4 heteroatoms. The minimum absolute atomic E-state index is 0.0202. The van der Waals surface area contributed by atoms with Crippen LogP contribution in [0.2, 0.25) is 0 Å². The molecule has 0 saturated heterocycles. The average Bonchev–Trinajstić information content (AvgIpc) is 2.90. The van der Waals surface area contributed by atoms with Gasteiger partial charge >= 0.3 is 0 Å². The highest BCUT2D eigenvalue weighted by molar-refractivity contribution is 5.95. The van der Waals surface area contributed by atoms with E-state index in [4.69, 9.17) is 5.11 Å². The quantitative estimate of drug-likeness (QED) is 0.685. The third kappa shape index (κ3) is 3.70. The van der Waals surface area contributed by atoms with Crippen molar-refractivity contribution in [2.45, 2.75) is 26.2 Å². The number of rotatable bonds is 6. The zero-order valence-electron chi connectivity index (χ0n) is 11.4. The maximum atomic E-state index is 12.0. The van der Waals surface area contributed by atoms with Crippen molar-refractivity contribution in [1.29, 1.82) is 0 Å². The normalized spacial score (nSPS) is 14.6. The molecule has 1 heterocycles. The lowest BCUT2D eigenvalue weighted by molar-refractivity contribution is 0.0952. The van der Waals surface area contributed by atoms with Crippen LogP contribution in [0.25, 0.3) is 0 Å². The third-order valence-electron chi connectivity index (χ3n) is 3.55. The molecule has 1 amide bonds. The minimum atomic E-state index is -0.0202. The highest BCUT2D eigenvalue weighted by Gasteiger charge is 2.13. The van der Waals surface area contributed by atoms with Crippen molar-refractivity contribution in [3.63, 3.8) is 0 Å². The number of carbonyl (C=O) groups is 1. The van der Waals surface area contributed by atoms with E-state index in [1.165, 1.54) is 5.56 Å². The van der Waals surface area contributed by atoms with Crippen LogP contribution in [0.15, 0.2) is 18.2 Å². The predicted molar refractivity (Wildman–Crippen MR) is 76.5 cm³/mol. The van der Waals surface area contributed by atoms with E-state index in [0.717, 1.165) is 31.5 Å². The van der Waals surface area contributed by atoms with Crippen LogP contribution in [0, 0.1) is 5.92 Å². The molecule has 4 nitrogen and oxygen atoms in total. The Morgan fingerprint density at radius 3 is 3.16 bits per heavy atom. The van der Waals surface area contributed by atoms with E-state index in [0.29, 0.717) is 18.0 Å². The monoisotopic (exact) mass is 262 g/mol. The van der Waals surface area contributed by atoms with Gasteiger partial charge in [0, 0.05) is 30.9 Å². The molecule has 3 N–H and O–H groups in total. The number of fused-ring (bicyclic) bond motifs is 1. The second-order valence-corrected chi connectivity index (χ2v) is 5.23. The van der Waals surface area contributed by atoms with Crippen LogP contribution in [-0.2, 0) is 6.42 Å². The number of anilines is 1. The largest absolute Gasteiger partial charge is 0.396 e. The number of hydrogen-bond donors (Lipinski definition) is 3. The molecule has 0 spiro atoms. The van der Waals surface area contributed by atoms with Crippen LogP contribution in [0.3, 0.4) is 0 Å². The van der Waals surface area contributed by atoms with Gasteiger partial charge in [0.25, 0.3) is 5.91 Å². The van der Waals surface area contributed by atoms with Crippen LogP contribution < -0.4 is 10.6 Å². The van der Waals surface area contributed by atoms with E-state index in [9.17, 15) is 4.79 Å². The molecule has 0 saturated carbocycles. The summed E-state index contributed by atoms with van der Waals surface area (Å²) in [5.74, 6) is 0.286. The summed E-state index contributed by atoms with van der Waals surface area (Å²) in [6.45, 7) is 3.84. The molecule has 2 rings (SSSR count). The van der Waals surface area contributed by atoms with Gasteiger partial charge in [0.15, 0.2) is 0 Å². The average molecular weight is 262 g/mol. The third-order valence-corrected chi connectivity index (χ3v) is 3.55. The van der Waals surface area contributed by atoms with Crippen molar-refractivity contribution in [2.75, 3.05) is 25.0 Å². The molecule has 1 atom stereocenters. The van der Waals surface area contributed by atoms with Gasteiger partial charge in [0.1, 0.15) is 0 Å². The van der Waals surface area contributed by atoms with Crippen LogP contribution in [0.1, 0.15) is 35.7 Å². The van der Waals surface area contributed by atoms with Crippen molar-refractivity contribution in [3.05, 3.63) is 29.3 Å². The minimum Gasteiger partial charge on any atom is -0.396 e. The Labute approximate surface area is 114 Å². The van der Waals surface area contributed by atoms with Gasteiger partial charge in [-0.15, -0.1) is 0 Å². The van der Waals surface area contributed by atoms with E-state index >= 15 is 0 Å². The molecule has 0 fully saturated rings. The molecular formula is C15H22N2O2. The van der Waals surface area contributed by atoms with Gasteiger partial charge in [-0.1, -0.05) is 13.0 Å². The van der Waals surface area contributed by atoms with Crippen molar-refractivity contribution < 1.29 is 9.90 Å². The Hall–Kier alpha value is -1.55. The molecule has 0 radical (unpaired) electrons. The molecule has 1 aliphatic rings. The van der Waals surface area contributed by atoms with Crippen LogP contribution in [-0.4, -0.2) is 30.7 Å². The van der Waals surface area contributed by atoms with Gasteiger partial charge in [-0.05, 0) is 42.9 Å². The Bertz CT molecular complexity index is 446. The fourth-order valence-electron chi connectivity index (χ4n) is 2.28. The highest BCUT2D eigenvalue weighted by atomic mass is 16.3. The molecule has 104 valence electrons. The first kappa shape index (κ1) is 13.9. The SMILES string of the molecule is CC(CO)CCCNC(=O)c1ccc2c(c1)NCC2. The van der Waals surface area contributed by atoms with Crippen LogP contribution >= 0.6 is 0 Å². The summed E-state index contributed by atoms with van der Waals surface area (Å²) in [6.07, 6.45) is 2.87. The van der Waals surface area contributed by atoms with E-state index in [1.807, 2.05) is 25.1 Å². The van der Waals surface area contributed by atoms with Gasteiger partial charge in [0.05, 0.1) is 0 Å². The second-order valence-electron chi connectivity index (χ2n) is 5.23. The van der Waals surface area contributed by atoms with Crippen molar-refractivity contribution in [2.24, 2.45) is 5.92 Å². The molecule has 1 aromatic carbocycles. The summed E-state index contributed by atoms with van der Waals surface area (Å²) >= 11 is 0. The Morgan fingerprint density at radius 1 is 1.53 bits per heavy atom. The highest BCUT2D eigenvalue weighted by Crippen LogP contribution is 2.23. The first-order valence-corrected chi connectivity index (χ1v) is 6.96. The smallest absolute Gasteiger partial charge is 0.251 e. The predicted octanol–water partition coefficient (Wildman–Crippen LogP) is 1.79. The lowest BCUT2D eigenvalue weighted by atomic mass is 10.1. The summed E-state index contributed by atoms with van der Waals surface area (Å²) in [5, 5.41) is 15.1. The number of amides is 1. The van der Waals surface area contributed by atoms with Crippen LogP contribution in [0.4, 0.5) is 5.69 Å². The number of nitrogens with one attached hydrogen (secondary N) is 2. The van der Waals surface area contributed by atoms with Gasteiger partial charge < -0.3 is 15.7 Å². The maximum absolute atomic E-state index is 12.0. The molecular weight excluding hydrogens is 240 g/mol. The van der Waals surface area contributed by atoms with E-state index in [1.54, 1.807) is 0 Å². The zero-order valence-corrected chi connectivity index (χ0v) is 11.4. The first-order valence-electron chi connectivity index (χ1n) is 6.96. The maximum Gasteiger partial charge on any atom is 0.251 e. The zero-order chi connectivity index (χ0) is 13.7. The van der Waals surface area contributed by atoms with E-state index in [2.05, 4.69) is 10.6 Å². The van der Waals surface area contributed by atoms with E-state index < -0.39 is 0 Å². The molecule has 0 bridgehead atoms. The fraction of sp³-hybridized carbons (Fsp3) is 0.533. The summed E-state index contributed by atoms with van der Waals surface area (Å²) in [7, 11) is 0. The first-order chi connectivity index (χ1) is 9.20. The Balaban J connectivity index is 1.80. The summed E-state index contributed by atoms with van der Waals surface area (Å²) in [4.78, 5) is 12.0. The van der Waals surface area contributed by atoms with Gasteiger partial charge in [-0.25, -0.2) is 0 Å². The van der Waals surface area contributed by atoms with Gasteiger partial charge in [-0.3, -0.25) is 4.79 Å². The molecule has 1 unspecified atom stereocenters. The Morgan fingerprint density at radius 2 is 2.37 bits per heavy atom. The molecule has 0 aromatic heterocycles. The Kier molecular flexibility index (Phi) is 4.80. The lowest BCUT2D eigenvalue weighted by Crippen LogP contribution is -2.25. The number of aliphatic hydroxyl groups excluding tert-OH is 1. The number of aliphatic hydroxyl groups is 1. The molecule has 1 aliphatic heterocycles. The molecule has 19 heavy (non-hydrogen) atoms. The summed E-state index contributed by atoms with van der Waals surface area (Å²) < 4.78 is 0. The standard InChI is InChI=1S/C15H22N2O2/c1-11(10-18)3-2-7-17-15(19)13-5-4-12-6-8-16-14(12)9-13/h4-5,9,11,16,18H,2-3,6-8,10H2,1H3,(H,17,19). The molecule has 0 aliphatic carbocycles. The number of carbonyl (C=O) groups excluding carboxylic acids is 1. The van der Waals surface area contributed by atoms with Crippen LogP contribution in [0.5, 0.6) is 0 Å². The second kappa shape index (κ2) is 6.57. The van der Waals surface area contributed by atoms with Crippen molar-refractivity contribution in [3.8, 4) is 0 Å². The fourth-order valence-corrected chi connectivity index (χ4v) is 2.28. The number of benzene rings is 1. The lowest BCUT2D eigenvalue weighted by Gasteiger charge is -2.09. The van der Waals surface area contributed by atoms with Gasteiger partial charge in [0.2, 0.25) is 0 Å². The van der Waals surface area contributed by atoms with Crippen molar-refractivity contribution in [1.82, 2.24) is 5.32 Å². The number of hydrogen-bond acceptors (Lipinski definition) is 3. The van der Waals surface area contributed by atoms with E-state index in [-0.39, 0.29) is 12.5 Å². The van der Waals surface area contributed by atoms with Gasteiger partial charge in [-0.2, -0.15) is 0 Å². The van der Waals surface area contributed by atoms with Crippen molar-refractivity contribution >= 4 is 11.6 Å². The molecule has 1 aromatic rings. The summed E-state index contributed by atoms with van der Waals surface area (Å²) in [6, 6.07) is 5.84. The topological polar surface area (TPSA) is 61.4 Å². The summed E-state index contributed by atoms with van der Waals surface area (Å²) in [5.41, 5.74) is 3.08.